The minimum absolute atomic E-state index is 0.0550. The van der Waals surface area contributed by atoms with Gasteiger partial charge in [0.25, 0.3) is 0 Å². The SMILES string of the molecule is COc1cc2ccc(=O)oc2cc1OC(=O)c1c(-c2ccccc2F)n[nH]c1C. The predicted octanol–water partition coefficient (Wildman–Crippen LogP) is 3.86. The molecule has 0 spiro atoms. The van der Waals surface area contributed by atoms with Gasteiger partial charge in [-0.1, -0.05) is 12.1 Å². The highest BCUT2D eigenvalue weighted by Crippen LogP contribution is 2.34. The third-order valence-corrected chi connectivity index (χ3v) is 4.39. The largest absolute Gasteiger partial charge is 0.493 e. The number of nitrogens with one attached hydrogen (secondary N) is 1. The van der Waals surface area contributed by atoms with Crippen molar-refractivity contribution in [1.82, 2.24) is 10.2 Å². The number of rotatable bonds is 4. The Labute approximate surface area is 163 Å². The quantitative estimate of drug-likeness (QED) is 0.321. The predicted molar refractivity (Wildman–Crippen MR) is 103 cm³/mol. The van der Waals surface area contributed by atoms with E-state index in [1.807, 2.05) is 0 Å². The number of hydrogen-bond donors (Lipinski definition) is 1. The normalized spacial score (nSPS) is 10.9. The molecule has 2 heterocycles. The maximum absolute atomic E-state index is 14.2. The second-order valence-corrected chi connectivity index (χ2v) is 6.24. The van der Waals surface area contributed by atoms with E-state index < -0.39 is 17.4 Å². The summed E-state index contributed by atoms with van der Waals surface area (Å²) in [6, 6.07) is 11.8. The zero-order valence-corrected chi connectivity index (χ0v) is 15.5. The fraction of sp³-hybridized carbons (Fsp3) is 0.0952. The second-order valence-electron chi connectivity index (χ2n) is 6.24. The van der Waals surface area contributed by atoms with Crippen LogP contribution in [0.5, 0.6) is 11.5 Å². The highest BCUT2D eigenvalue weighted by atomic mass is 19.1. The van der Waals surface area contributed by atoms with Crippen LogP contribution in [-0.4, -0.2) is 23.3 Å². The average molecular weight is 394 g/mol. The standard InChI is InChI=1S/C21H15FN2O5/c1-11-19(20(24-23-11)13-5-3-4-6-14(13)22)21(26)29-17-10-15-12(9-16(17)27-2)7-8-18(25)28-15/h3-10H,1-2H3,(H,23,24). The molecule has 4 aromatic rings. The molecular formula is C21H15FN2O5. The van der Waals surface area contributed by atoms with Crippen molar-refractivity contribution in [2.45, 2.75) is 6.92 Å². The first kappa shape index (κ1) is 18.4. The van der Waals surface area contributed by atoms with Crippen LogP contribution in [0.2, 0.25) is 0 Å². The molecular weight excluding hydrogens is 379 g/mol. The first-order valence-electron chi connectivity index (χ1n) is 8.62. The Morgan fingerprint density at radius 1 is 1.14 bits per heavy atom. The van der Waals surface area contributed by atoms with Gasteiger partial charge in [-0.05, 0) is 31.2 Å². The lowest BCUT2D eigenvalue weighted by molar-refractivity contribution is 0.0730. The third-order valence-electron chi connectivity index (χ3n) is 4.39. The summed E-state index contributed by atoms with van der Waals surface area (Å²) in [6.45, 7) is 1.63. The number of carbonyl (C=O) groups excluding carboxylic acids is 1. The molecule has 2 aromatic carbocycles. The van der Waals surface area contributed by atoms with Gasteiger partial charge in [0.15, 0.2) is 11.5 Å². The number of benzene rings is 2. The fourth-order valence-electron chi connectivity index (χ4n) is 2.99. The minimum Gasteiger partial charge on any atom is -0.493 e. The summed E-state index contributed by atoms with van der Waals surface area (Å²) in [5.41, 5.74) is 0.510. The van der Waals surface area contributed by atoms with Gasteiger partial charge >= 0.3 is 11.6 Å². The second kappa shape index (κ2) is 7.23. The zero-order chi connectivity index (χ0) is 20.5. The molecule has 0 unspecified atom stereocenters. The molecule has 0 radical (unpaired) electrons. The van der Waals surface area contributed by atoms with Crippen molar-refractivity contribution < 1.29 is 23.1 Å². The number of aromatic amines is 1. The first-order chi connectivity index (χ1) is 14.0. The molecule has 0 atom stereocenters. The Hall–Kier alpha value is -3.94. The molecule has 0 aliphatic rings. The smallest absolute Gasteiger partial charge is 0.347 e. The van der Waals surface area contributed by atoms with Crippen LogP contribution in [-0.2, 0) is 0 Å². The van der Waals surface area contributed by atoms with Crippen LogP contribution in [0.4, 0.5) is 4.39 Å². The summed E-state index contributed by atoms with van der Waals surface area (Å²) in [4.78, 5) is 24.4. The number of methoxy groups -OCH3 is 1. The molecule has 0 fully saturated rings. The van der Waals surface area contributed by atoms with Crippen LogP contribution in [0.1, 0.15) is 16.1 Å². The van der Waals surface area contributed by atoms with Gasteiger partial charge in [0.05, 0.1) is 7.11 Å². The Balaban J connectivity index is 1.77. The summed E-state index contributed by atoms with van der Waals surface area (Å²) in [6.07, 6.45) is 0. The number of H-pyrrole nitrogens is 1. The molecule has 2 aromatic heterocycles. The number of fused-ring (bicyclic) bond motifs is 1. The van der Waals surface area contributed by atoms with E-state index in [9.17, 15) is 14.0 Å². The van der Waals surface area contributed by atoms with Gasteiger partial charge in [-0.2, -0.15) is 5.10 Å². The van der Waals surface area contributed by atoms with E-state index in [0.29, 0.717) is 11.1 Å². The summed E-state index contributed by atoms with van der Waals surface area (Å²) in [5.74, 6) is -0.948. The van der Waals surface area contributed by atoms with Crippen molar-refractivity contribution >= 4 is 16.9 Å². The van der Waals surface area contributed by atoms with Crippen LogP contribution in [0.3, 0.4) is 0 Å². The van der Waals surface area contributed by atoms with Crippen molar-refractivity contribution in [3.63, 3.8) is 0 Å². The number of nitrogens with zero attached hydrogens (tertiary/aromatic N) is 1. The van der Waals surface area contributed by atoms with Crippen LogP contribution >= 0.6 is 0 Å². The van der Waals surface area contributed by atoms with Gasteiger partial charge in [-0.25, -0.2) is 14.0 Å². The molecule has 7 nitrogen and oxygen atoms in total. The number of esters is 1. The van der Waals surface area contributed by atoms with Crippen LogP contribution in [0, 0.1) is 12.7 Å². The van der Waals surface area contributed by atoms with Crippen LogP contribution in [0.25, 0.3) is 22.2 Å². The van der Waals surface area contributed by atoms with Gasteiger partial charge in [-0.3, -0.25) is 5.10 Å². The lowest BCUT2D eigenvalue weighted by Gasteiger charge is -2.11. The number of carbonyl (C=O) groups is 1. The number of aryl methyl sites for hydroxylation is 1. The maximum Gasteiger partial charge on any atom is 0.347 e. The Kier molecular flexibility index (Phi) is 4.59. The van der Waals surface area contributed by atoms with Crippen LogP contribution < -0.4 is 15.1 Å². The van der Waals surface area contributed by atoms with E-state index in [2.05, 4.69) is 10.2 Å². The number of ether oxygens (including phenoxy) is 2. The number of hydrogen-bond acceptors (Lipinski definition) is 6. The fourth-order valence-corrected chi connectivity index (χ4v) is 2.99. The Morgan fingerprint density at radius 2 is 1.93 bits per heavy atom. The molecule has 1 N–H and O–H groups in total. The molecule has 29 heavy (non-hydrogen) atoms. The third kappa shape index (κ3) is 3.36. The number of halogens is 1. The first-order valence-corrected chi connectivity index (χ1v) is 8.62. The highest BCUT2D eigenvalue weighted by Gasteiger charge is 2.24. The van der Waals surface area contributed by atoms with E-state index in [1.165, 1.54) is 31.4 Å². The molecule has 0 saturated carbocycles. The van der Waals surface area contributed by atoms with Gasteiger partial charge in [0.2, 0.25) is 0 Å². The summed E-state index contributed by atoms with van der Waals surface area (Å²) in [5, 5.41) is 7.35. The molecule has 0 aliphatic heterocycles. The van der Waals surface area contributed by atoms with Gasteiger partial charge in [-0.15, -0.1) is 0 Å². The molecule has 0 saturated heterocycles. The molecule has 146 valence electrons. The van der Waals surface area contributed by atoms with Gasteiger partial charge < -0.3 is 13.9 Å². The van der Waals surface area contributed by atoms with E-state index in [4.69, 9.17) is 13.9 Å². The van der Waals surface area contributed by atoms with Crippen molar-refractivity contribution in [3.8, 4) is 22.8 Å². The topological polar surface area (TPSA) is 94.4 Å². The van der Waals surface area contributed by atoms with E-state index in [0.717, 1.165) is 0 Å². The highest BCUT2D eigenvalue weighted by molar-refractivity contribution is 5.99. The van der Waals surface area contributed by atoms with E-state index in [-0.39, 0.29) is 33.9 Å². The minimum atomic E-state index is -0.759. The van der Waals surface area contributed by atoms with Crippen LogP contribution in [0.15, 0.2) is 57.7 Å². The molecule has 4 rings (SSSR count). The lowest BCUT2D eigenvalue weighted by Crippen LogP contribution is -2.11. The van der Waals surface area contributed by atoms with Gasteiger partial charge in [0, 0.05) is 28.8 Å². The summed E-state index contributed by atoms with van der Waals surface area (Å²) < 4.78 is 30.1. The monoisotopic (exact) mass is 394 g/mol. The molecule has 0 amide bonds. The Bertz CT molecular complexity index is 1290. The van der Waals surface area contributed by atoms with E-state index in [1.54, 1.807) is 31.2 Å². The average Bonchev–Trinajstić information content (AvgIpc) is 3.09. The van der Waals surface area contributed by atoms with E-state index >= 15 is 0 Å². The molecule has 0 aliphatic carbocycles. The van der Waals surface area contributed by atoms with Crippen molar-refractivity contribution in [2.24, 2.45) is 0 Å². The molecule has 0 bridgehead atoms. The van der Waals surface area contributed by atoms with Gasteiger partial charge in [0.1, 0.15) is 22.7 Å². The lowest BCUT2D eigenvalue weighted by atomic mass is 10.1. The van der Waals surface area contributed by atoms with Crippen molar-refractivity contribution in [2.75, 3.05) is 7.11 Å². The molecule has 8 heteroatoms. The zero-order valence-electron chi connectivity index (χ0n) is 15.5. The number of aromatic nitrogens is 2. The summed E-state index contributed by atoms with van der Waals surface area (Å²) in [7, 11) is 1.42. The maximum atomic E-state index is 14.2. The summed E-state index contributed by atoms with van der Waals surface area (Å²) >= 11 is 0. The Morgan fingerprint density at radius 3 is 2.69 bits per heavy atom. The van der Waals surface area contributed by atoms with Crippen molar-refractivity contribution in [1.29, 1.82) is 0 Å². The van der Waals surface area contributed by atoms with Crippen molar-refractivity contribution in [3.05, 3.63) is 76.0 Å².